The van der Waals surface area contributed by atoms with E-state index in [9.17, 15) is 9.59 Å². The second-order valence-corrected chi connectivity index (χ2v) is 13.9. The summed E-state index contributed by atoms with van der Waals surface area (Å²) in [6.45, 7) is 13.8. The maximum Gasteiger partial charge on any atom is 0.410 e. The van der Waals surface area contributed by atoms with Gasteiger partial charge in [-0.1, -0.05) is 23.7 Å². The maximum absolute atomic E-state index is 13.3. The Morgan fingerprint density at radius 2 is 1.80 bits per heavy atom. The smallest absolute Gasteiger partial charge is 0.410 e. The number of urea groups is 1. The van der Waals surface area contributed by atoms with E-state index < -0.39 is 17.2 Å². The third kappa shape index (κ3) is 7.08. The van der Waals surface area contributed by atoms with Crippen LogP contribution in [0.4, 0.5) is 9.59 Å². The minimum atomic E-state index is -0.555. The summed E-state index contributed by atoms with van der Waals surface area (Å²) in [6.07, 6.45) is 7.11. The van der Waals surface area contributed by atoms with E-state index in [-0.39, 0.29) is 18.2 Å². The number of aryl methyl sites for hydroxylation is 1. The fourth-order valence-corrected chi connectivity index (χ4v) is 5.92. The zero-order chi connectivity index (χ0) is 31.8. The van der Waals surface area contributed by atoms with Gasteiger partial charge in [0.15, 0.2) is 0 Å². The Labute approximate surface area is 264 Å². The number of hydrogen-bond acceptors (Lipinski definition) is 6. The summed E-state index contributed by atoms with van der Waals surface area (Å²) < 4.78 is 7.55. The molecule has 44 heavy (non-hydrogen) atoms. The Morgan fingerprint density at radius 3 is 2.43 bits per heavy atom. The summed E-state index contributed by atoms with van der Waals surface area (Å²) in [5.74, 6) is 0. The lowest BCUT2D eigenvalue weighted by molar-refractivity contribution is 0.0118. The monoisotopic (exact) mass is 619 g/mol. The van der Waals surface area contributed by atoms with Crippen LogP contribution in [0.15, 0.2) is 49.1 Å². The Morgan fingerprint density at radius 1 is 1.07 bits per heavy atom. The Hall–Kier alpha value is -3.89. The van der Waals surface area contributed by atoms with Crippen LogP contribution in [0, 0.1) is 0 Å². The molecule has 3 heterocycles. The summed E-state index contributed by atoms with van der Waals surface area (Å²) in [7, 11) is 1.91. The van der Waals surface area contributed by atoms with Gasteiger partial charge in [0.2, 0.25) is 0 Å². The molecule has 3 amide bonds. The fourth-order valence-electron chi connectivity index (χ4n) is 5.75. The van der Waals surface area contributed by atoms with Crippen molar-refractivity contribution < 1.29 is 14.3 Å². The predicted octanol–water partition coefficient (Wildman–Crippen LogP) is 5.80. The molecule has 2 aromatic heterocycles. The largest absolute Gasteiger partial charge is 0.444 e. The average Bonchev–Trinajstić information content (AvgIpc) is 3.30. The highest BCUT2D eigenvalue weighted by atomic mass is 35.5. The van der Waals surface area contributed by atoms with Crippen molar-refractivity contribution in [1.82, 2.24) is 35.0 Å². The molecule has 0 saturated carbocycles. The number of hydrogen-bond donors (Lipinski definition) is 2. The predicted molar refractivity (Wildman–Crippen MR) is 172 cm³/mol. The molecule has 1 saturated heterocycles. The van der Waals surface area contributed by atoms with Crippen LogP contribution in [0.1, 0.15) is 81.7 Å². The second-order valence-electron chi connectivity index (χ2n) is 13.4. The summed E-state index contributed by atoms with van der Waals surface area (Å²) in [5.41, 5.74) is 4.50. The molecule has 2 aliphatic rings. The van der Waals surface area contributed by atoms with E-state index in [0.717, 1.165) is 33.7 Å². The highest BCUT2D eigenvalue weighted by Crippen LogP contribution is 2.44. The fraction of sp³-hybridized carbons (Fsp3) is 0.455. The molecule has 3 aromatic rings. The van der Waals surface area contributed by atoms with E-state index in [1.54, 1.807) is 17.4 Å². The number of benzene rings is 1. The molecule has 10 nitrogen and oxygen atoms in total. The molecule has 0 unspecified atom stereocenters. The van der Waals surface area contributed by atoms with Crippen molar-refractivity contribution in [3.63, 3.8) is 0 Å². The normalized spacial score (nSPS) is 18.0. The van der Waals surface area contributed by atoms with E-state index in [4.69, 9.17) is 21.3 Å². The highest BCUT2D eigenvalue weighted by Gasteiger charge is 2.37. The van der Waals surface area contributed by atoms with Crippen LogP contribution in [0.2, 0.25) is 5.02 Å². The molecule has 11 heteroatoms. The van der Waals surface area contributed by atoms with Gasteiger partial charge in [0, 0.05) is 50.0 Å². The number of nitrogens with one attached hydrogen (secondary N) is 2. The molecule has 234 valence electrons. The van der Waals surface area contributed by atoms with Crippen LogP contribution in [0.3, 0.4) is 0 Å². The molecule has 1 aliphatic carbocycles. The molecule has 1 fully saturated rings. The van der Waals surface area contributed by atoms with Crippen LogP contribution < -0.4 is 10.6 Å². The lowest BCUT2D eigenvalue weighted by Crippen LogP contribution is -2.51. The molecule has 2 N–H and O–H groups in total. The van der Waals surface area contributed by atoms with Crippen molar-refractivity contribution >= 4 is 35.4 Å². The van der Waals surface area contributed by atoms with Crippen LogP contribution in [-0.2, 0) is 11.8 Å². The van der Waals surface area contributed by atoms with Gasteiger partial charge in [-0.25, -0.2) is 14.6 Å². The van der Waals surface area contributed by atoms with Gasteiger partial charge in [-0.15, -0.1) is 0 Å². The van der Waals surface area contributed by atoms with E-state index in [1.807, 2.05) is 77.6 Å². The van der Waals surface area contributed by atoms with Crippen LogP contribution in [0.5, 0.6) is 0 Å². The zero-order valence-corrected chi connectivity index (χ0v) is 27.3. The van der Waals surface area contributed by atoms with Crippen molar-refractivity contribution in [1.29, 1.82) is 0 Å². The first-order valence-electron chi connectivity index (χ1n) is 14.9. The van der Waals surface area contributed by atoms with Gasteiger partial charge < -0.3 is 24.8 Å². The molecular weight excluding hydrogens is 578 g/mol. The third-order valence-corrected chi connectivity index (χ3v) is 7.85. The quantitative estimate of drug-likeness (QED) is 0.382. The van der Waals surface area contributed by atoms with Crippen LogP contribution in [0.25, 0.3) is 11.6 Å². The van der Waals surface area contributed by atoms with Gasteiger partial charge in [-0.3, -0.25) is 9.88 Å². The maximum atomic E-state index is 13.3. The minimum absolute atomic E-state index is 0.205. The van der Waals surface area contributed by atoms with Gasteiger partial charge in [0.1, 0.15) is 5.60 Å². The molecule has 1 aliphatic heterocycles. The molecular formula is C33H42ClN7O3. The number of imidazole rings is 1. The van der Waals surface area contributed by atoms with Crippen molar-refractivity contribution in [2.24, 2.45) is 7.05 Å². The van der Waals surface area contributed by atoms with Crippen molar-refractivity contribution in [2.45, 2.75) is 64.8 Å². The van der Waals surface area contributed by atoms with E-state index in [0.29, 0.717) is 31.2 Å². The number of aromatic nitrogens is 3. The zero-order valence-electron chi connectivity index (χ0n) is 26.5. The number of halogens is 1. The van der Waals surface area contributed by atoms with Crippen molar-refractivity contribution in [3.05, 3.63) is 82.2 Å². The summed E-state index contributed by atoms with van der Waals surface area (Å²) >= 11 is 6.67. The van der Waals surface area contributed by atoms with Crippen molar-refractivity contribution in [3.8, 4) is 0 Å². The van der Waals surface area contributed by atoms with Crippen LogP contribution >= 0.6 is 11.6 Å². The van der Waals surface area contributed by atoms with E-state index >= 15 is 0 Å². The van der Waals surface area contributed by atoms with Gasteiger partial charge in [-0.2, -0.15) is 0 Å². The van der Waals surface area contributed by atoms with Crippen LogP contribution in [-0.4, -0.2) is 73.8 Å². The van der Waals surface area contributed by atoms with Gasteiger partial charge >= 0.3 is 12.1 Å². The topological polar surface area (TPSA) is 105 Å². The number of pyridine rings is 1. The van der Waals surface area contributed by atoms with Gasteiger partial charge in [0.05, 0.1) is 36.0 Å². The first-order valence-corrected chi connectivity index (χ1v) is 15.3. The molecule has 5 rings (SSSR count). The number of amides is 3. The Kier molecular flexibility index (Phi) is 8.77. The number of rotatable bonds is 4. The highest BCUT2D eigenvalue weighted by molar-refractivity contribution is 6.30. The van der Waals surface area contributed by atoms with Gasteiger partial charge in [0.25, 0.3) is 0 Å². The van der Waals surface area contributed by atoms with Crippen molar-refractivity contribution in [2.75, 3.05) is 26.2 Å². The standard InChI is InChI=1S/C33H42ClN7O3/c1-32(2,3)38-30(42)37-28(26-19-35-20-39(26)7)25-17-21-9-8-12-36-27(21)29(23-11-10-22(34)18-24(23)25)40-13-15-41(16-14-40)31(43)44-33(4,5)6/h8-12,17-20,28-29H,13-16H2,1-7H3,(H2,37,38,42)/t28-,29+/m1/s1. The molecule has 1 aromatic carbocycles. The number of nitrogens with zero attached hydrogens (tertiary/aromatic N) is 5. The summed E-state index contributed by atoms with van der Waals surface area (Å²) in [6, 6.07) is 8.84. The van der Waals surface area contributed by atoms with E-state index in [2.05, 4.69) is 38.7 Å². The van der Waals surface area contributed by atoms with E-state index in [1.165, 1.54) is 0 Å². The molecule has 0 radical (unpaired) electrons. The lowest BCUT2D eigenvalue weighted by Gasteiger charge is -2.40. The summed E-state index contributed by atoms with van der Waals surface area (Å²) in [5, 5.41) is 6.84. The SMILES string of the molecule is Cn1cncc1[C@H](NC(=O)NC(C)(C)C)C1=Cc2cccnc2[C@@H](N2CCN(C(=O)OC(C)(C)C)CC2)c2ccc(Cl)cc21. The number of ether oxygens (including phenoxy) is 1. The number of piperazine rings is 1. The lowest BCUT2D eigenvalue weighted by atomic mass is 9.90. The third-order valence-electron chi connectivity index (χ3n) is 7.62. The minimum Gasteiger partial charge on any atom is -0.444 e. The number of carbonyl (C=O) groups excluding carboxylic acids is 2. The summed E-state index contributed by atoms with van der Waals surface area (Å²) in [4.78, 5) is 39.6. The number of fused-ring (bicyclic) bond motifs is 2. The molecule has 0 spiro atoms. The Bertz CT molecular complexity index is 1560. The second kappa shape index (κ2) is 12.2. The first-order chi connectivity index (χ1) is 20.7. The molecule has 2 atom stereocenters. The molecule has 0 bridgehead atoms. The number of carbonyl (C=O) groups is 2. The first kappa shape index (κ1) is 31.5. The average molecular weight is 620 g/mol. The van der Waals surface area contributed by atoms with Gasteiger partial charge in [-0.05, 0) is 88.1 Å². The Balaban J connectivity index is 1.58.